The molecule has 0 amide bonds. The molecule has 0 saturated heterocycles. The number of carbonyl (C=O) groups is 2. The zero-order valence-electron chi connectivity index (χ0n) is 11.7. The molecule has 0 aliphatic rings. The van der Waals surface area contributed by atoms with Crippen LogP contribution in [0.15, 0.2) is 24.3 Å². The third-order valence-corrected chi connectivity index (χ3v) is 2.62. The molecule has 4 heteroatoms. The first-order chi connectivity index (χ1) is 9.65. The minimum Gasteiger partial charge on any atom is -0.463 e. The number of hydrogen-bond acceptors (Lipinski definition) is 4. The van der Waals surface area contributed by atoms with Crippen LogP contribution in [0.2, 0.25) is 0 Å². The highest BCUT2D eigenvalue weighted by molar-refractivity contribution is 5.74. The van der Waals surface area contributed by atoms with E-state index in [2.05, 4.69) is 12.0 Å². The van der Waals surface area contributed by atoms with Gasteiger partial charge in [0.2, 0.25) is 0 Å². The largest absolute Gasteiger partial charge is 0.463 e. The Kier molecular flexibility index (Phi) is 6.91. The number of esters is 1. The van der Waals surface area contributed by atoms with Gasteiger partial charge in [0, 0.05) is 12.0 Å². The van der Waals surface area contributed by atoms with Crippen molar-refractivity contribution in [1.29, 1.82) is 0 Å². The summed E-state index contributed by atoms with van der Waals surface area (Å²) in [5, 5.41) is 0. The lowest BCUT2D eigenvalue weighted by atomic mass is 10.2. The number of aldehydes is 1. The summed E-state index contributed by atoms with van der Waals surface area (Å²) in [7, 11) is 0. The topological polar surface area (TPSA) is 52.6 Å². The molecule has 0 heterocycles. The van der Waals surface area contributed by atoms with Crippen LogP contribution in [0.25, 0.3) is 0 Å². The lowest BCUT2D eigenvalue weighted by Gasteiger charge is -2.09. The van der Waals surface area contributed by atoms with Crippen LogP contribution in [0, 0.1) is 12.0 Å². The van der Waals surface area contributed by atoms with Crippen molar-refractivity contribution in [1.82, 2.24) is 0 Å². The monoisotopic (exact) mass is 274 g/mol. The highest BCUT2D eigenvalue weighted by Gasteiger charge is 2.05. The first-order valence-corrected chi connectivity index (χ1v) is 6.55. The standard InChI is InChI=1S/C16H18O4/c1-3-13(2)20-16(18)6-4-5-11-19-15-9-7-14(12-17)8-10-15/h7-10,12-13H,3-4,6H2,1-2H3. The lowest BCUT2D eigenvalue weighted by Crippen LogP contribution is -2.13. The van der Waals surface area contributed by atoms with Gasteiger partial charge in [-0.25, -0.2) is 0 Å². The molecule has 1 unspecified atom stereocenters. The maximum absolute atomic E-state index is 11.4. The van der Waals surface area contributed by atoms with Gasteiger partial charge in [-0.15, -0.1) is 0 Å². The van der Waals surface area contributed by atoms with Gasteiger partial charge < -0.3 is 9.47 Å². The number of ether oxygens (including phenoxy) is 2. The second-order valence-corrected chi connectivity index (χ2v) is 4.28. The van der Waals surface area contributed by atoms with Gasteiger partial charge in [-0.1, -0.05) is 12.8 Å². The van der Waals surface area contributed by atoms with Crippen LogP contribution in [-0.4, -0.2) is 18.4 Å². The van der Waals surface area contributed by atoms with Gasteiger partial charge in [-0.05, 0) is 37.6 Å². The molecule has 0 fully saturated rings. The molecule has 0 spiro atoms. The average molecular weight is 274 g/mol. The predicted octanol–water partition coefficient (Wildman–Crippen LogP) is 2.96. The van der Waals surface area contributed by atoms with E-state index < -0.39 is 0 Å². The van der Waals surface area contributed by atoms with E-state index in [0.717, 1.165) is 12.7 Å². The fourth-order valence-corrected chi connectivity index (χ4v) is 1.29. The summed E-state index contributed by atoms with van der Waals surface area (Å²) in [4.78, 5) is 21.8. The average Bonchev–Trinajstić information content (AvgIpc) is 2.47. The number of carbonyl (C=O) groups excluding carboxylic acids is 2. The van der Waals surface area contributed by atoms with E-state index in [9.17, 15) is 9.59 Å². The van der Waals surface area contributed by atoms with Crippen LogP contribution in [0.3, 0.4) is 0 Å². The predicted molar refractivity (Wildman–Crippen MR) is 75.3 cm³/mol. The van der Waals surface area contributed by atoms with Crippen LogP contribution >= 0.6 is 0 Å². The molecular weight excluding hydrogens is 256 g/mol. The normalized spacial score (nSPS) is 10.9. The Balaban J connectivity index is 2.29. The molecule has 4 nitrogen and oxygen atoms in total. The zero-order chi connectivity index (χ0) is 14.8. The van der Waals surface area contributed by atoms with Gasteiger partial charge in [-0.3, -0.25) is 9.59 Å². The van der Waals surface area contributed by atoms with Gasteiger partial charge in [0.15, 0.2) is 0 Å². The summed E-state index contributed by atoms with van der Waals surface area (Å²) in [6, 6.07) is 6.62. The van der Waals surface area contributed by atoms with Crippen LogP contribution in [0.5, 0.6) is 5.75 Å². The maximum Gasteiger partial charge on any atom is 0.307 e. The van der Waals surface area contributed by atoms with Crippen LogP contribution in [0.4, 0.5) is 0 Å². The Bertz CT molecular complexity index is 493. The smallest absolute Gasteiger partial charge is 0.307 e. The van der Waals surface area contributed by atoms with E-state index in [1.807, 2.05) is 13.8 Å². The molecule has 0 N–H and O–H groups in total. The van der Waals surface area contributed by atoms with E-state index in [0.29, 0.717) is 17.7 Å². The first-order valence-electron chi connectivity index (χ1n) is 6.55. The molecule has 1 rings (SSSR count). The molecule has 0 aliphatic carbocycles. The van der Waals surface area contributed by atoms with E-state index >= 15 is 0 Å². The molecule has 0 saturated carbocycles. The van der Waals surface area contributed by atoms with Crippen molar-refractivity contribution in [3.8, 4) is 17.8 Å². The van der Waals surface area contributed by atoms with E-state index in [-0.39, 0.29) is 18.5 Å². The minimum atomic E-state index is -0.246. The third-order valence-electron chi connectivity index (χ3n) is 2.62. The fourth-order valence-electron chi connectivity index (χ4n) is 1.29. The van der Waals surface area contributed by atoms with Crippen molar-refractivity contribution >= 4 is 12.3 Å². The molecular formula is C16H18O4. The quantitative estimate of drug-likeness (QED) is 0.454. The van der Waals surface area contributed by atoms with Gasteiger partial charge in [0.05, 0.1) is 12.5 Å². The molecule has 1 aromatic rings. The summed E-state index contributed by atoms with van der Waals surface area (Å²) in [6.07, 6.45) is 4.67. The van der Waals surface area contributed by atoms with Crippen molar-refractivity contribution in [2.45, 2.75) is 39.2 Å². The van der Waals surface area contributed by atoms with Gasteiger partial charge in [-0.2, -0.15) is 0 Å². The fraction of sp³-hybridized carbons (Fsp3) is 0.375. The van der Waals surface area contributed by atoms with Gasteiger partial charge >= 0.3 is 5.97 Å². The summed E-state index contributed by atoms with van der Waals surface area (Å²) >= 11 is 0. The second-order valence-electron chi connectivity index (χ2n) is 4.28. The molecule has 0 aromatic heterocycles. The van der Waals surface area contributed by atoms with Gasteiger partial charge in [0.25, 0.3) is 0 Å². The van der Waals surface area contributed by atoms with Crippen molar-refractivity contribution < 1.29 is 19.1 Å². The second kappa shape index (κ2) is 8.76. The Labute approximate surface area is 119 Å². The van der Waals surface area contributed by atoms with E-state index in [1.165, 1.54) is 0 Å². The minimum absolute atomic E-state index is 0.0527. The van der Waals surface area contributed by atoms with Gasteiger partial charge in [0.1, 0.15) is 18.1 Å². The molecule has 106 valence electrons. The number of rotatable bonds is 6. The molecule has 0 radical (unpaired) electrons. The molecule has 0 bridgehead atoms. The molecule has 0 aliphatic heterocycles. The van der Waals surface area contributed by atoms with E-state index in [1.54, 1.807) is 24.3 Å². The Morgan fingerprint density at radius 3 is 2.65 bits per heavy atom. The van der Waals surface area contributed by atoms with Crippen molar-refractivity contribution in [2.24, 2.45) is 0 Å². The summed E-state index contributed by atoms with van der Waals surface area (Å²) in [5.41, 5.74) is 0.582. The summed E-state index contributed by atoms with van der Waals surface area (Å²) in [5.74, 6) is 3.06. The summed E-state index contributed by atoms with van der Waals surface area (Å²) < 4.78 is 10.3. The molecule has 1 aromatic carbocycles. The highest BCUT2D eigenvalue weighted by Crippen LogP contribution is 2.10. The lowest BCUT2D eigenvalue weighted by molar-refractivity contribution is -0.148. The number of benzene rings is 1. The van der Waals surface area contributed by atoms with Crippen molar-refractivity contribution in [2.75, 3.05) is 0 Å². The molecule has 20 heavy (non-hydrogen) atoms. The Morgan fingerprint density at radius 1 is 1.35 bits per heavy atom. The van der Waals surface area contributed by atoms with Crippen LogP contribution in [0.1, 0.15) is 43.5 Å². The van der Waals surface area contributed by atoms with Crippen molar-refractivity contribution in [3.05, 3.63) is 29.8 Å². The van der Waals surface area contributed by atoms with Crippen LogP contribution in [-0.2, 0) is 9.53 Å². The first kappa shape index (κ1) is 15.8. The Morgan fingerprint density at radius 2 is 2.05 bits per heavy atom. The number of hydrogen-bond donors (Lipinski definition) is 0. The third kappa shape index (κ3) is 6.05. The molecule has 1 atom stereocenters. The van der Waals surface area contributed by atoms with Crippen LogP contribution < -0.4 is 4.74 Å². The zero-order valence-corrected chi connectivity index (χ0v) is 11.7. The van der Waals surface area contributed by atoms with Crippen molar-refractivity contribution in [3.63, 3.8) is 0 Å². The SMILES string of the molecule is CCC(C)OC(=O)CCC#COc1ccc(C=O)cc1. The maximum atomic E-state index is 11.4. The summed E-state index contributed by atoms with van der Waals surface area (Å²) in [6.45, 7) is 3.82. The Hall–Kier alpha value is -2.28. The highest BCUT2D eigenvalue weighted by atomic mass is 16.5. The van der Waals surface area contributed by atoms with E-state index in [4.69, 9.17) is 9.47 Å².